The number of likely N-dealkylation sites (tertiary alicyclic amines) is 1. The highest BCUT2D eigenvalue weighted by atomic mass is 16.5. The Morgan fingerprint density at radius 2 is 2.16 bits per heavy atom. The monoisotopic (exact) mass is 273 g/mol. The van der Waals surface area contributed by atoms with E-state index < -0.39 is 0 Å². The van der Waals surface area contributed by atoms with E-state index in [9.17, 15) is 4.79 Å². The molecule has 1 saturated heterocycles. The first-order valence-electron chi connectivity index (χ1n) is 7.23. The summed E-state index contributed by atoms with van der Waals surface area (Å²) in [5.41, 5.74) is 0. The van der Waals surface area contributed by atoms with Gasteiger partial charge in [-0.3, -0.25) is 4.79 Å². The Morgan fingerprint density at radius 3 is 2.89 bits per heavy atom. The Morgan fingerprint density at radius 1 is 1.32 bits per heavy atom. The van der Waals surface area contributed by atoms with Gasteiger partial charge < -0.3 is 19.1 Å². The second kappa shape index (κ2) is 10.2. The molecular weight excluding hydrogens is 246 g/mol. The number of esters is 1. The van der Waals surface area contributed by atoms with Crippen molar-refractivity contribution in [1.29, 1.82) is 0 Å². The molecule has 1 rings (SSSR count). The number of hydrogen-bond donors (Lipinski definition) is 0. The predicted octanol–water partition coefficient (Wildman–Crippen LogP) is 1.31. The maximum absolute atomic E-state index is 11.7. The van der Waals surface area contributed by atoms with E-state index in [1.807, 2.05) is 6.92 Å². The molecule has 0 aromatic rings. The van der Waals surface area contributed by atoms with Gasteiger partial charge in [0.15, 0.2) is 0 Å². The molecule has 0 spiro atoms. The number of rotatable bonds is 9. The molecule has 112 valence electrons. The number of methoxy groups -OCH3 is 1. The van der Waals surface area contributed by atoms with E-state index in [0.717, 1.165) is 58.7 Å². The normalized spacial score (nSPS) is 20.4. The summed E-state index contributed by atoms with van der Waals surface area (Å²) < 4.78 is 15.6. The van der Waals surface area contributed by atoms with Crippen molar-refractivity contribution in [2.45, 2.75) is 26.2 Å². The summed E-state index contributed by atoms with van der Waals surface area (Å²) >= 11 is 0. The molecule has 1 aliphatic rings. The molecule has 1 fully saturated rings. The van der Waals surface area contributed by atoms with Crippen LogP contribution in [0.15, 0.2) is 0 Å². The van der Waals surface area contributed by atoms with E-state index >= 15 is 0 Å². The summed E-state index contributed by atoms with van der Waals surface area (Å²) in [6.45, 7) is 7.28. The first-order valence-corrected chi connectivity index (χ1v) is 7.23. The minimum absolute atomic E-state index is 0.0437. The summed E-state index contributed by atoms with van der Waals surface area (Å²) in [6.07, 6.45) is 2.94. The summed E-state index contributed by atoms with van der Waals surface area (Å²) in [5, 5.41) is 0. The first-order chi connectivity index (χ1) is 9.27. The highest BCUT2D eigenvalue weighted by Crippen LogP contribution is 2.17. The lowest BCUT2D eigenvalue weighted by molar-refractivity contribution is -0.150. The summed E-state index contributed by atoms with van der Waals surface area (Å²) in [6, 6.07) is 0. The Bertz CT molecular complexity index is 248. The number of carbonyl (C=O) groups is 1. The topological polar surface area (TPSA) is 48.0 Å². The first kappa shape index (κ1) is 16.4. The summed E-state index contributed by atoms with van der Waals surface area (Å²) in [4.78, 5) is 14.0. The summed E-state index contributed by atoms with van der Waals surface area (Å²) in [5.74, 6) is -0.00426. The molecule has 19 heavy (non-hydrogen) atoms. The number of ether oxygens (including phenoxy) is 3. The zero-order valence-corrected chi connectivity index (χ0v) is 12.2. The van der Waals surface area contributed by atoms with Gasteiger partial charge in [-0.1, -0.05) is 0 Å². The largest absolute Gasteiger partial charge is 0.466 e. The smallest absolute Gasteiger partial charge is 0.310 e. The van der Waals surface area contributed by atoms with Crippen molar-refractivity contribution in [3.63, 3.8) is 0 Å². The maximum atomic E-state index is 11.7. The van der Waals surface area contributed by atoms with E-state index in [1.54, 1.807) is 7.11 Å². The lowest BCUT2D eigenvalue weighted by Gasteiger charge is -2.31. The fourth-order valence-electron chi connectivity index (χ4n) is 2.31. The van der Waals surface area contributed by atoms with Crippen molar-refractivity contribution in [1.82, 2.24) is 4.90 Å². The van der Waals surface area contributed by atoms with E-state index in [0.29, 0.717) is 6.61 Å². The van der Waals surface area contributed by atoms with Crippen molar-refractivity contribution in [3.05, 3.63) is 0 Å². The van der Waals surface area contributed by atoms with Crippen molar-refractivity contribution in [3.8, 4) is 0 Å². The van der Waals surface area contributed by atoms with Crippen LogP contribution in [-0.2, 0) is 19.0 Å². The van der Waals surface area contributed by atoms with E-state index in [1.165, 1.54) is 0 Å². The molecule has 0 radical (unpaired) electrons. The Hall–Kier alpha value is -0.650. The van der Waals surface area contributed by atoms with E-state index in [4.69, 9.17) is 14.2 Å². The standard InChI is InChI=1S/C14H27NO4/c1-3-19-14(16)13-6-4-7-15(12-13)8-11-18-10-5-9-17-2/h13H,3-12H2,1-2H3/t13-/m0/s1. The van der Waals surface area contributed by atoms with Gasteiger partial charge in [0.2, 0.25) is 0 Å². The SMILES string of the molecule is CCOC(=O)[C@H]1CCCN(CCOCCCOC)C1. The highest BCUT2D eigenvalue weighted by Gasteiger charge is 2.26. The molecule has 0 saturated carbocycles. The zero-order valence-electron chi connectivity index (χ0n) is 12.2. The van der Waals surface area contributed by atoms with Crippen LogP contribution in [0, 0.1) is 5.92 Å². The highest BCUT2D eigenvalue weighted by molar-refractivity contribution is 5.72. The van der Waals surface area contributed by atoms with Crippen molar-refractivity contribution >= 4 is 5.97 Å². The van der Waals surface area contributed by atoms with Gasteiger partial charge in [-0.25, -0.2) is 0 Å². The van der Waals surface area contributed by atoms with Gasteiger partial charge in [0.25, 0.3) is 0 Å². The molecule has 0 aliphatic carbocycles. The van der Waals surface area contributed by atoms with Crippen LogP contribution < -0.4 is 0 Å². The Kier molecular flexibility index (Phi) is 8.79. The second-order valence-corrected chi connectivity index (χ2v) is 4.85. The van der Waals surface area contributed by atoms with E-state index in [2.05, 4.69) is 4.90 Å². The van der Waals surface area contributed by atoms with Crippen molar-refractivity contribution < 1.29 is 19.0 Å². The van der Waals surface area contributed by atoms with Gasteiger partial charge in [-0.05, 0) is 32.7 Å². The summed E-state index contributed by atoms with van der Waals surface area (Å²) in [7, 11) is 1.70. The lowest BCUT2D eigenvalue weighted by atomic mass is 9.98. The quantitative estimate of drug-likeness (QED) is 0.468. The van der Waals surface area contributed by atoms with Gasteiger partial charge in [-0.15, -0.1) is 0 Å². The molecule has 0 bridgehead atoms. The molecule has 0 N–H and O–H groups in total. The Balaban J connectivity index is 2.11. The van der Waals surface area contributed by atoms with Gasteiger partial charge >= 0.3 is 5.97 Å². The number of nitrogens with zero attached hydrogens (tertiary/aromatic N) is 1. The maximum Gasteiger partial charge on any atom is 0.310 e. The minimum Gasteiger partial charge on any atom is -0.466 e. The zero-order chi connectivity index (χ0) is 13.9. The molecule has 0 amide bonds. The van der Waals surface area contributed by atoms with Gasteiger partial charge in [0, 0.05) is 33.4 Å². The van der Waals surface area contributed by atoms with Gasteiger partial charge in [0.1, 0.15) is 0 Å². The average molecular weight is 273 g/mol. The van der Waals surface area contributed by atoms with Crippen molar-refractivity contribution in [2.75, 3.05) is 53.2 Å². The third-order valence-electron chi connectivity index (χ3n) is 3.31. The molecule has 5 nitrogen and oxygen atoms in total. The molecule has 5 heteroatoms. The number of carbonyl (C=O) groups excluding carboxylic acids is 1. The average Bonchev–Trinajstić information content (AvgIpc) is 2.43. The Labute approximate surface area is 116 Å². The van der Waals surface area contributed by atoms with Crippen LogP contribution in [0.3, 0.4) is 0 Å². The van der Waals surface area contributed by atoms with Crippen molar-refractivity contribution in [2.24, 2.45) is 5.92 Å². The van der Waals surface area contributed by atoms with Crippen LogP contribution in [0.5, 0.6) is 0 Å². The fraction of sp³-hybridized carbons (Fsp3) is 0.929. The third kappa shape index (κ3) is 6.89. The number of piperidine rings is 1. The van der Waals surface area contributed by atoms with Crippen LogP contribution in [0.1, 0.15) is 26.2 Å². The van der Waals surface area contributed by atoms with Crippen LogP contribution >= 0.6 is 0 Å². The third-order valence-corrected chi connectivity index (χ3v) is 3.31. The molecule has 0 aromatic carbocycles. The van der Waals surface area contributed by atoms with Crippen LogP contribution in [-0.4, -0.2) is 64.0 Å². The molecular formula is C14H27NO4. The molecule has 1 aliphatic heterocycles. The minimum atomic E-state index is -0.0480. The van der Waals surface area contributed by atoms with Crippen LogP contribution in [0.25, 0.3) is 0 Å². The van der Waals surface area contributed by atoms with Gasteiger partial charge in [0.05, 0.1) is 19.1 Å². The molecule has 1 heterocycles. The molecule has 0 unspecified atom stereocenters. The van der Waals surface area contributed by atoms with Gasteiger partial charge in [-0.2, -0.15) is 0 Å². The van der Waals surface area contributed by atoms with E-state index in [-0.39, 0.29) is 11.9 Å². The van der Waals surface area contributed by atoms with Crippen LogP contribution in [0.2, 0.25) is 0 Å². The second-order valence-electron chi connectivity index (χ2n) is 4.85. The van der Waals surface area contributed by atoms with Crippen LogP contribution in [0.4, 0.5) is 0 Å². The predicted molar refractivity (Wildman–Crippen MR) is 73.1 cm³/mol. The fourth-order valence-corrected chi connectivity index (χ4v) is 2.31. The molecule has 0 aromatic heterocycles. The number of hydrogen-bond acceptors (Lipinski definition) is 5. The lowest BCUT2D eigenvalue weighted by Crippen LogP contribution is -2.40. The molecule has 1 atom stereocenters.